The van der Waals surface area contributed by atoms with Crippen LogP contribution in [0.2, 0.25) is 0 Å². The molecule has 0 unspecified atom stereocenters. The number of nitrogens with one attached hydrogen (secondary N) is 1. The monoisotopic (exact) mass is 433 g/mol. The predicted octanol–water partition coefficient (Wildman–Crippen LogP) is 2.66. The zero-order valence-corrected chi connectivity index (χ0v) is 14.9. The first kappa shape index (κ1) is 19.1. The second-order valence-corrected chi connectivity index (χ2v) is 6.24. The van der Waals surface area contributed by atoms with Gasteiger partial charge in [0.2, 0.25) is 0 Å². The maximum Gasteiger partial charge on any atom is 0.387 e. The van der Waals surface area contributed by atoms with Crippen LogP contribution in [0.3, 0.4) is 0 Å². The number of amidine groups is 1. The fraction of sp³-hybridized carbons (Fsp3) is 0.143. The van der Waals surface area contributed by atoms with E-state index in [1.54, 1.807) is 0 Å². The molecule has 132 valence electrons. The number of methoxy groups -OCH3 is 1. The number of esters is 1. The standard InChI is InChI=1S/C14H10BrF2N3O4S/c1-23-11(21)5-10-12(22)19-14(25-10)20-18-6-7-4-8(15)2-3-9(7)24-13(16)17/h2-6,13H,1H3,(H,19,20,22)/b10-5+,18-6?. The molecule has 2 rings (SSSR count). The quantitative estimate of drug-likeness (QED) is 0.333. The molecule has 1 fully saturated rings. The molecule has 0 saturated carbocycles. The summed E-state index contributed by atoms with van der Waals surface area (Å²) in [5, 5.41) is 10.0. The molecular weight excluding hydrogens is 424 g/mol. The number of carbonyl (C=O) groups is 2. The summed E-state index contributed by atoms with van der Waals surface area (Å²) in [6, 6.07) is 4.41. The van der Waals surface area contributed by atoms with Crippen molar-refractivity contribution >= 4 is 51.0 Å². The van der Waals surface area contributed by atoms with Gasteiger partial charge in [0.25, 0.3) is 5.91 Å². The number of thioether (sulfide) groups is 1. The number of rotatable bonds is 5. The van der Waals surface area contributed by atoms with Gasteiger partial charge in [-0.1, -0.05) is 15.9 Å². The summed E-state index contributed by atoms with van der Waals surface area (Å²) in [6.07, 6.45) is 2.22. The van der Waals surface area contributed by atoms with Crippen LogP contribution in [0.15, 0.2) is 43.9 Å². The van der Waals surface area contributed by atoms with E-state index in [0.717, 1.165) is 17.8 Å². The van der Waals surface area contributed by atoms with Crippen molar-refractivity contribution in [2.75, 3.05) is 7.11 Å². The van der Waals surface area contributed by atoms with E-state index in [0.29, 0.717) is 4.47 Å². The Balaban J connectivity index is 2.14. The Kier molecular flexibility index (Phi) is 6.65. The minimum atomic E-state index is -2.98. The second-order valence-electron chi connectivity index (χ2n) is 4.30. The van der Waals surface area contributed by atoms with Crippen molar-refractivity contribution in [3.63, 3.8) is 0 Å². The van der Waals surface area contributed by atoms with Gasteiger partial charge in [-0.2, -0.15) is 13.9 Å². The van der Waals surface area contributed by atoms with Gasteiger partial charge in [-0.25, -0.2) is 4.79 Å². The average molecular weight is 434 g/mol. The third-order valence-corrected chi connectivity index (χ3v) is 4.03. The van der Waals surface area contributed by atoms with Crippen LogP contribution in [0.1, 0.15) is 5.56 Å². The van der Waals surface area contributed by atoms with Crippen LogP contribution in [-0.4, -0.2) is 37.0 Å². The molecule has 1 amide bonds. The van der Waals surface area contributed by atoms with Crippen molar-refractivity contribution < 1.29 is 27.8 Å². The molecule has 1 heterocycles. The summed E-state index contributed by atoms with van der Waals surface area (Å²) in [4.78, 5) is 22.9. The van der Waals surface area contributed by atoms with E-state index in [4.69, 9.17) is 0 Å². The molecule has 1 N–H and O–H groups in total. The van der Waals surface area contributed by atoms with Gasteiger partial charge in [0, 0.05) is 16.1 Å². The van der Waals surface area contributed by atoms with Gasteiger partial charge in [-0.15, -0.1) is 5.10 Å². The minimum absolute atomic E-state index is 0.0727. The predicted molar refractivity (Wildman–Crippen MR) is 91.6 cm³/mol. The molecular formula is C14H10BrF2N3O4S. The fourth-order valence-corrected chi connectivity index (χ4v) is 2.73. The van der Waals surface area contributed by atoms with Crippen LogP contribution < -0.4 is 10.1 Å². The first-order valence-electron chi connectivity index (χ1n) is 6.53. The topological polar surface area (TPSA) is 89.3 Å². The Morgan fingerprint density at radius 3 is 2.88 bits per heavy atom. The van der Waals surface area contributed by atoms with E-state index in [1.165, 1.54) is 31.5 Å². The number of ether oxygens (including phenoxy) is 2. The fourth-order valence-electron chi connectivity index (χ4n) is 1.61. The van der Waals surface area contributed by atoms with E-state index in [9.17, 15) is 18.4 Å². The zero-order valence-electron chi connectivity index (χ0n) is 12.5. The Bertz CT molecular complexity index is 783. The van der Waals surface area contributed by atoms with Crippen LogP contribution in [-0.2, 0) is 14.3 Å². The molecule has 1 aromatic rings. The molecule has 0 radical (unpaired) electrons. The lowest BCUT2D eigenvalue weighted by molar-refractivity contribution is -0.135. The Labute approximate surface area is 153 Å². The van der Waals surface area contributed by atoms with Gasteiger partial charge < -0.3 is 9.47 Å². The van der Waals surface area contributed by atoms with Crippen molar-refractivity contribution in [2.24, 2.45) is 10.2 Å². The van der Waals surface area contributed by atoms with Gasteiger partial charge in [0.1, 0.15) is 5.75 Å². The van der Waals surface area contributed by atoms with Gasteiger partial charge in [-0.3, -0.25) is 10.1 Å². The largest absolute Gasteiger partial charge is 0.466 e. The van der Waals surface area contributed by atoms with Crippen molar-refractivity contribution in [1.82, 2.24) is 5.32 Å². The summed E-state index contributed by atoms with van der Waals surface area (Å²) in [6.45, 7) is -2.98. The third-order valence-electron chi connectivity index (χ3n) is 2.63. The van der Waals surface area contributed by atoms with E-state index in [-0.39, 0.29) is 21.4 Å². The molecule has 0 atom stereocenters. The third kappa shape index (κ3) is 5.64. The number of nitrogens with zero attached hydrogens (tertiary/aromatic N) is 2. The van der Waals surface area contributed by atoms with Crippen LogP contribution >= 0.6 is 27.7 Å². The molecule has 0 aliphatic carbocycles. The summed E-state index contributed by atoms with van der Waals surface area (Å²) >= 11 is 4.10. The summed E-state index contributed by atoms with van der Waals surface area (Å²) in [5.41, 5.74) is 0.263. The first-order chi connectivity index (χ1) is 11.9. The van der Waals surface area contributed by atoms with Crippen molar-refractivity contribution in [1.29, 1.82) is 0 Å². The maximum absolute atomic E-state index is 12.4. The molecule has 1 saturated heterocycles. The minimum Gasteiger partial charge on any atom is -0.466 e. The second kappa shape index (κ2) is 8.72. The Morgan fingerprint density at radius 2 is 2.20 bits per heavy atom. The summed E-state index contributed by atoms with van der Waals surface area (Å²) in [7, 11) is 1.19. The number of alkyl halides is 2. The van der Waals surface area contributed by atoms with Crippen molar-refractivity contribution in [3.05, 3.63) is 39.2 Å². The van der Waals surface area contributed by atoms with Gasteiger partial charge in [0.05, 0.1) is 18.2 Å². The molecule has 0 aromatic heterocycles. The van der Waals surface area contributed by atoms with E-state index >= 15 is 0 Å². The Hall–Kier alpha value is -2.27. The molecule has 0 spiro atoms. The van der Waals surface area contributed by atoms with Crippen molar-refractivity contribution in [3.8, 4) is 5.75 Å². The first-order valence-corrected chi connectivity index (χ1v) is 8.14. The summed E-state index contributed by atoms with van der Waals surface area (Å²) in [5.74, 6) is -1.27. The van der Waals surface area contributed by atoms with Gasteiger partial charge >= 0.3 is 12.6 Å². The van der Waals surface area contributed by atoms with Gasteiger partial charge in [-0.05, 0) is 30.0 Å². The lowest BCUT2D eigenvalue weighted by Gasteiger charge is -2.07. The summed E-state index contributed by atoms with van der Waals surface area (Å²) < 4.78 is 34.2. The number of benzene rings is 1. The lowest BCUT2D eigenvalue weighted by Crippen LogP contribution is -2.19. The highest BCUT2D eigenvalue weighted by atomic mass is 79.9. The van der Waals surface area contributed by atoms with Gasteiger partial charge in [0.15, 0.2) is 5.17 Å². The van der Waals surface area contributed by atoms with Crippen LogP contribution in [0.4, 0.5) is 8.78 Å². The zero-order chi connectivity index (χ0) is 18.4. The SMILES string of the molecule is COC(=O)/C=C1/S/C(=N\N=Cc2cc(Br)ccc2OC(F)F)NC1=O. The molecule has 11 heteroatoms. The molecule has 25 heavy (non-hydrogen) atoms. The molecule has 1 aliphatic rings. The number of hydrogen-bond acceptors (Lipinski definition) is 7. The number of carbonyl (C=O) groups excluding carboxylic acids is 2. The van der Waals surface area contributed by atoms with E-state index < -0.39 is 18.5 Å². The van der Waals surface area contributed by atoms with Crippen LogP contribution in [0, 0.1) is 0 Å². The number of amides is 1. The molecule has 0 bridgehead atoms. The molecule has 1 aromatic carbocycles. The van der Waals surface area contributed by atoms with E-state index in [1.807, 2.05) is 0 Å². The number of halogens is 3. The van der Waals surface area contributed by atoms with E-state index in [2.05, 4.69) is 40.9 Å². The van der Waals surface area contributed by atoms with Crippen LogP contribution in [0.25, 0.3) is 0 Å². The van der Waals surface area contributed by atoms with Crippen LogP contribution in [0.5, 0.6) is 5.75 Å². The smallest absolute Gasteiger partial charge is 0.387 e. The Morgan fingerprint density at radius 1 is 1.44 bits per heavy atom. The lowest BCUT2D eigenvalue weighted by atomic mass is 10.2. The molecule has 7 nitrogen and oxygen atoms in total. The highest BCUT2D eigenvalue weighted by molar-refractivity contribution is 9.10. The highest BCUT2D eigenvalue weighted by Crippen LogP contribution is 2.25. The van der Waals surface area contributed by atoms with Crippen molar-refractivity contribution in [2.45, 2.75) is 6.61 Å². The highest BCUT2D eigenvalue weighted by Gasteiger charge is 2.25. The average Bonchev–Trinajstić information content (AvgIpc) is 2.89. The maximum atomic E-state index is 12.4. The normalized spacial score (nSPS) is 17.6. The molecule has 1 aliphatic heterocycles. The number of hydrogen-bond donors (Lipinski definition) is 1.